The van der Waals surface area contributed by atoms with Crippen LogP contribution < -0.4 is 10.1 Å². The van der Waals surface area contributed by atoms with Crippen LogP contribution in [0.25, 0.3) is 0 Å². The van der Waals surface area contributed by atoms with Crippen LogP contribution in [0.1, 0.15) is 20.8 Å². The van der Waals surface area contributed by atoms with Crippen molar-refractivity contribution < 1.29 is 14.5 Å². The number of nitro benzene ring substituents is 1. The molecule has 0 saturated heterocycles. The Labute approximate surface area is 192 Å². The summed E-state index contributed by atoms with van der Waals surface area (Å²) in [5, 5.41) is 20.6. The number of amides is 1. The zero-order valence-electron chi connectivity index (χ0n) is 16.8. The predicted molar refractivity (Wildman–Crippen MR) is 123 cm³/mol. The molecule has 8 nitrogen and oxygen atoms in total. The van der Waals surface area contributed by atoms with E-state index in [9.17, 15) is 14.9 Å². The van der Waals surface area contributed by atoms with E-state index in [1.165, 1.54) is 23.5 Å². The fourth-order valence-electron chi connectivity index (χ4n) is 3.00. The summed E-state index contributed by atoms with van der Waals surface area (Å²) in [5.74, 6) is 0.459. The lowest BCUT2D eigenvalue weighted by atomic mass is 10.2. The van der Waals surface area contributed by atoms with Crippen LogP contribution in [0.2, 0.25) is 5.02 Å². The molecule has 0 radical (unpaired) electrons. The number of hydrogen-bond acceptors (Lipinski definition) is 6. The van der Waals surface area contributed by atoms with Crippen molar-refractivity contribution >= 4 is 40.2 Å². The molecule has 10 heteroatoms. The van der Waals surface area contributed by atoms with Crippen LogP contribution >= 0.6 is 22.9 Å². The van der Waals surface area contributed by atoms with Crippen LogP contribution in [0.5, 0.6) is 11.5 Å². The normalized spacial score (nSPS) is 10.7. The molecule has 4 aromatic rings. The van der Waals surface area contributed by atoms with Crippen LogP contribution in [0, 0.1) is 17.0 Å². The van der Waals surface area contributed by atoms with Crippen molar-refractivity contribution in [1.82, 2.24) is 9.78 Å². The second-order valence-electron chi connectivity index (χ2n) is 6.97. The lowest BCUT2D eigenvalue weighted by Gasteiger charge is -2.10. The molecule has 0 fully saturated rings. The topological polar surface area (TPSA) is 99.3 Å². The number of carbonyl (C=O) groups excluding carboxylic acids is 1. The Balaban J connectivity index is 1.53. The number of thiophene rings is 1. The van der Waals surface area contributed by atoms with E-state index in [1.54, 1.807) is 35.3 Å². The minimum Gasteiger partial charge on any atom is -0.457 e. The van der Waals surface area contributed by atoms with E-state index in [-0.39, 0.29) is 23.0 Å². The highest BCUT2D eigenvalue weighted by atomic mass is 35.5. The van der Waals surface area contributed by atoms with Crippen molar-refractivity contribution in [1.29, 1.82) is 0 Å². The third-order valence-corrected chi connectivity index (χ3v) is 5.68. The Bertz CT molecular complexity index is 1300. The minimum absolute atomic E-state index is 0.186. The zero-order chi connectivity index (χ0) is 22.7. The highest BCUT2D eigenvalue weighted by molar-refractivity contribution is 7.12. The van der Waals surface area contributed by atoms with Gasteiger partial charge in [0.1, 0.15) is 11.5 Å². The van der Waals surface area contributed by atoms with Crippen LogP contribution in [-0.4, -0.2) is 20.6 Å². The van der Waals surface area contributed by atoms with E-state index < -0.39 is 4.92 Å². The molecule has 0 atom stereocenters. The Morgan fingerprint density at radius 3 is 2.81 bits per heavy atom. The zero-order valence-corrected chi connectivity index (χ0v) is 18.4. The summed E-state index contributed by atoms with van der Waals surface area (Å²) in [6.07, 6.45) is 3.23. The number of hydrogen-bond donors (Lipinski definition) is 1. The van der Waals surface area contributed by atoms with Crippen LogP contribution in [0.4, 0.5) is 11.4 Å². The van der Waals surface area contributed by atoms with Gasteiger partial charge in [-0.1, -0.05) is 29.8 Å². The maximum absolute atomic E-state index is 12.7. The van der Waals surface area contributed by atoms with Crippen molar-refractivity contribution in [2.45, 2.75) is 13.5 Å². The predicted octanol–water partition coefficient (Wildman–Crippen LogP) is 5.91. The molecule has 0 spiro atoms. The number of aryl methyl sites for hydroxylation is 1. The molecule has 32 heavy (non-hydrogen) atoms. The molecule has 0 aliphatic carbocycles. The molecule has 1 amide bonds. The Kier molecular flexibility index (Phi) is 6.20. The molecule has 1 N–H and O–H groups in total. The third kappa shape index (κ3) is 5.13. The average molecular weight is 469 g/mol. The van der Waals surface area contributed by atoms with E-state index in [2.05, 4.69) is 10.4 Å². The monoisotopic (exact) mass is 468 g/mol. The molecule has 0 unspecified atom stereocenters. The van der Waals surface area contributed by atoms with Gasteiger partial charge in [0.25, 0.3) is 11.6 Å². The number of nitrogens with zero attached hydrogens (tertiary/aromatic N) is 3. The standard InChI is InChI=1S/C22H17ClN4O4S/c1-14-4-2-3-5-20(14)31-19-8-17(7-18(9-19)27(29)30)25-22(28)21-6-15(13-32-21)11-26-12-16(23)10-24-26/h2-10,12-13H,11H2,1H3,(H,25,28). The Morgan fingerprint density at radius 1 is 1.28 bits per heavy atom. The third-order valence-electron chi connectivity index (χ3n) is 4.51. The summed E-state index contributed by atoms with van der Waals surface area (Å²) < 4.78 is 7.50. The number of aromatic nitrogens is 2. The number of carbonyl (C=O) groups is 1. The molecule has 0 saturated carbocycles. The molecule has 4 rings (SSSR count). The summed E-state index contributed by atoms with van der Waals surface area (Å²) in [6, 6.07) is 13.2. The lowest BCUT2D eigenvalue weighted by Crippen LogP contribution is -2.10. The second kappa shape index (κ2) is 9.21. The first-order valence-corrected chi connectivity index (χ1v) is 10.7. The quantitative estimate of drug-likeness (QED) is 0.268. The number of nitro groups is 1. The first-order valence-electron chi connectivity index (χ1n) is 9.47. The fourth-order valence-corrected chi connectivity index (χ4v) is 3.95. The smallest absolute Gasteiger partial charge is 0.275 e. The van der Waals surface area contributed by atoms with Crippen molar-refractivity contribution in [3.8, 4) is 11.5 Å². The highest BCUT2D eigenvalue weighted by Crippen LogP contribution is 2.31. The van der Waals surface area contributed by atoms with Crippen molar-refractivity contribution in [3.63, 3.8) is 0 Å². The SMILES string of the molecule is Cc1ccccc1Oc1cc(NC(=O)c2cc(Cn3cc(Cl)cn3)cs2)cc([N+](=O)[O-])c1. The average Bonchev–Trinajstić information content (AvgIpc) is 3.39. The number of halogens is 1. The van der Waals surface area contributed by atoms with E-state index in [0.29, 0.717) is 22.2 Å². The maximum Gasteiger partial charge on any atom is 0.275 e. The van der Waals surface area contributed by atoms with Gasteiger partial charge in [-0.05, 0) is 35.6 Å². The largest absolute Gasteiger partial charge is 0.457 e. The summed E-state index contributed by atoms with van der Waals surface area (Å²) in [5.41, 5.74) is 1.85. The summed E-state index contributed by atoms with van der Waals surface area (Å²) >= 11 is 7.15. The molecular weight excluding hydrogens is 452 g/mol. The van der Waals surface area contributed by atoms with Gasteiger partial charge in [-0.3, -0.25) is 19.6 Å². The van der Waals surface area contributed by atoms with E-state index in [1.807, 2.05) is 30.5 Å². The molecule has 2 aromatic heterocycles. The fraction of sp³-hybridized carbons (Fsp3) is 0.0909. The van der Waals surface area contributed by atoms with Crippen LogP contribution in [-0.2, 0) is 6.54 Å². The lowest BCUT2D eigenvalue weighted by molar-refractivity contribution is -0.384. The molecule has 0 bridgehead atoms. The van der Waals surface area contributed by atoms with Gasteiger partial charge >= 0.3 is 0 Å². The van der Waals surface area contributed by atoms with Crippen molar-refractivity contribution in [2.24, 2.45) is 0 Å². The number of para-hydroxylation sites is 1. The number of ether oxygens (including phenoxy) is 1. The molecular formula is C22H17ClN4O4S. The number of benzene rings is 2. The van der Waals surface area contributed by atoms with Gasteiger partial charge in [-0.25, -0.2) is 0 Å². The van der Waals surface area contributed by atoms with Crippen LogP contribution in [0.15, 0.2) is 66.3 Å². The van der Waals surface area contributed by atoms with Gasteiger partial charge < -0.3 is 10.1 Å². The van der Waals surface area contributed by atoms with E-state index in [0.717, 1.165) is 11.1 Å². The maximum atomic E-state index is 12.7. The van der Waals surface area contributed by atoms with E-state index in [4.69, 9.17) is 16.3 Å². The van der Waals surface area contributed by atoms with Gasteiger partial charge in [0.15, 0.2) is 0 Å². The van der Waals surface area contributed by atoms with Gasteiger partial charge in [-0.2, -0.15) is 5.10 Å². The van der Waals surface area contributed by atoms with Gasteiger partial charge in [0.05, 0.1) is 39.3 Å². The summed E-state index contributed by atoms with van der Waals surface area (Å²) in [4.78, 5) is 24.0. The number of nitrogens with one attached hydrogen (secondary N) is 1. The molecule has 2 heterocycles. The summed E-state index contributed by atoms with van der Waals surface area (Å²) in [6.45, 7) is 2.35. The number of anilines is 1. The second-order valence-corrected chi connectivity index (χ2v) is 8.32. The molecule has 162 valence electrons. The summed E-state index contributed by atoms with van der Waals surface area (Å²) in [7, 11) is 0. The molecule has 0 aliphatic rings. The number of non-ortho nitro benzene ring substituents is 1. The first-order chi connectivity index (χ1) is 15.4. The molecule has 0 aliphatic heterocycles. The van der Waals surface area contributed by atoms with Crippen molar-refractivity contribution in [2.75, 3.05) is 5.32 Å². The van der Waals surface area contributed by atoms with Gasteiger partial charge in [0.2, 0.25) is 0 Å². The van der Waals surface area contributed by atoms with E-state index >= 15 is 0 Å². The highest BCUT2D eigenvalue weighted by Gasteiger charge is 2.16. The van der Waals surface area contributed by atoms with Gasteiger partial charge in [0, 0.05) is 18.3 Å². The molecule has 2 aromatic carbocycles. The Morgan fingerprint density at radius 2 is 2.09 bits per heavy atom. The minimum atomic E-state index is -0.529. The number of rotatable bonds is 7. The Hall–Kier alpha value is -3.69. The first kappa shape index (κ1) is 21.5. The van der Waals surface area contributed by atoms with Crippen molar-refractivity contribution in [3.05, 3.63) is 97.4 Å². The van der Waals surface area contributed by atoms with Crippen LogP contribution in [0.3, 0.4) is 0 Å². The van der Waals surface area contributed by atoms with Gasteiger partial charge in [-0.15, -0.1) is 11.3 Å².